The van der Waals surface area contributed by atoms with Gasteiger partial charge in [-0.1, -0.05) is 42.5 Å². The van der Waals surface area contributed by atoms with Gasteiger partial charge in [-0.05, 0) is 49.1 Å². The van der Waals surface area contributed by atoms with Crippen molar-refractivity contribution in [3.05, 3.63) is 65.7 Å². The summed E-state index contributed by atoms with van der Waals surface area (Å²) in [5.74, 6) is 1.51. The quantitative estimate of drug-likeness (QED) is 0.808. The standard InChI is InChI=1S/C21H27NO2/c1-22(12-7-13-23)16-19-15-21(19,17-8-4-3-5-9-17)18-10-6-11-20(14-18)24-2/h3-6,8-11,14,19,23H,7,12-13,15-16H2,1-2H3. The van der Waals surface area contributed by atoms with Crippen molar-refractivity contribution in [2.45, 2.75) is 18.3 Å². The molecule has 3 nitrogen and oxygen atoms in total. The summed E-state index contributed by atoms with van der Waals surface area (Å²) >= 11 is 0. The zero-order chi connectivity index (χ0) is 17.0. The van der Waals surface area contributed by atoms with Gasteiger partial charge in [-0.15, -0.1) is 0 Å². The first-order valence-corrected chi connectivity index (χ1v) is 8.70. The molecule has 1 aliphatic carbocycles. The van der Waals surface area contributed by atoms with E-state index >= 15 is 0 Å². The van der Waals surface area contributed by atoms with Gasteiger partial charge in [0.05, 0.1) is 7.11 Å². The van der Waals surface area contributed by atoms with Crippen molar-refractivity contribution in [2.24, 2.45) is 5.92 Å². The van der Waals surface area contributed by atoms with Crippen LogP contribution >= 0.6 is 0 Å². The summed E-state index contributed by atoms with van der Waals surface area (Å²) in [4.78, 5) is 2.34. The fraction of sp³-hybridized carbons (Fsp3) is 0.429. The smallest absolute Gasteiger partial charge is 0.119 e. The maximum atomic E-state index is 9.04. The Labute approximate surface area is 144 Å². The molecule has 128 valence electrons. The fourth-order valence-electron chi connectivity index (χ4n) is 3.87. The molecule has 0 bridgehead atoms. The number of aliphatic hydroxyl groups is 1. The van der Waals surface area contributed by atoms with E-state index in [1.807, 2.05) is 6.07 Å². The van der Waals surface area contributed by atoms with Crippen LogP contribution in [0.2, 0.25) is 0 Å². The number of rotatable bonds is 8. The molecular weight excluding hydrogens is 298 g/mol. The number of ether oxygens (including phenoxy) is 1. The molecule has 0 saturated heterocycles. The van der Waals surface area contributed by atoms with Crippen molar-refractivity contribution in [1.29, 1.82) is 0 Å². The minimum Gasteiger partial charge on any atom is -0.497 e. The fourth-order valence-corrected chi connectivity index (χ4v) is 3.87. The van der Waals surface area contributed by atoms with Crippen LogP contribution < -0.4 is 4.74 Å². The summed E-state index contributed by atoms with van der Waals surface area (Å²) in [6.07, 6.45) is 1.99. The van der Waals surface area contributed by atoms with E-state index in [0.29, 0.717) is 5.92 Å². The number of hydrogen-bond donors (Lipinski definition) is 1. The highest BCUT2D eigenvalue weighted by Crippen LogP contribution is 2.59. The van der Waals surface area contributed by atoms with Gasteiger partial charge >= 0.3 is 0 Å². The van der Waals surface area contributed by atoms with E-state index in [1.165, 1.54) is 11.1 Å². The molecule has 1 fully saturated rings. The van der Waals surface area contributed by atoms with Gasteiger partial charge in [-0.3, -0.25) is 0 Å². The lowest BCUT2D eigenvalue weighted by molar-refractivity contribution is 0.241. The molecule has 2 aromatic rings. The zero-order valence-corrected chi connectivity index (χ0v) is 14.6. The lowest BCUT2D eigenvalue weighted by Gasteiger charge is -2.23. The van der Waals surface area contributed by atoms with Crippen LogP contribution in [-0.4, -0.2) is 43.9 Å². The third-order valence-corrected chi connectivity index (χ3v) is 5.21. The maximum Gasteiger partial charge on any atom is 0.119 e. The summed E-state index contributed by atoms with van der Waals surface area (Å²) in [5, 5.41) is 9.04. The average molecular weight is 325 g/mol. The van der Waals surface area contributed by atoms with Gasteiger partial charge < -0.3 is 14.7 Å². The van der Waals surface area contributed by atoms with Crippen molar-refractivity contribution in [2.75, 3.05) is 33.9 Å². The van der Waals surface area contributed by atoms with Gasteiger partial charge in [0.15, 0.2) is 0 Å². The van der Waals surface area contributed by atoms with E-state index < -0.39 is 0 Å². The molecule has 0 heterocycles. The summed E-state index contributed by atoms with van der Waals surface area (Å²) < 4.78 is 5.44. The summed E-state index contributed by atoms with van der Waals surface area (Å²) in [6, 6.07) is 19.3. The summed E-state index contributed by atoms with van der Waals surface area (Å²) in [7, 11) is 3.87. The first-order chi connectivity index (χ1) is 11.7. The molecule has 2 atom stereocenters. The van der Waals surface area contributed by atoms with Crippen LogP contribution in [0.25, 0.3) is 0 Å². The Hall–Kier alpha value is -1.84. The van der Waals surface area contributed by atoms with Gasteiger partial charge in [-0.2, -0.15) is 0 Å². The molecule has 0 aromatic heterocycles. The maximum absolute atomic E-state index is 9.04. The molecular formula is C21H27NO2. The lowest BCUT2D eigenvalue weighted by Crippen LogP contribution is -2.26. The number of benzene rings is 2. The first-order valence-electron chi connectivity index (χ1n) is 8.70. The molecule has 3 heteroatoms. The monoisotopic (exact) mass is 325 g/mol. The topological polar surface area (TPSA) is 32.7 Å². The van der Waals surface area contributed by atoms with E-state index in [2.05, 4.69) is 60.5 Å². The van der Waals surface area contributed by atoms with Crippen molar-refractivity contribution < 1.29 is 9.84 Å². The number of hydrogen-bond acceptors (Lipinski definition) is 3. The summed E-state index contributed by atoms with van der Waals surface area (Å²) in [5.41, 5.74) is 2.82. The zero-order valence-electron chi connectivity index (χ0n) is 14.6. The second kappa shape index (κ2) is 7.37. The highest BCUT2D eigenvalue weighted by atomic mass is 16.5. The second-order valence-electron chi connectivity index (χ2n) is 6.81. The molecule has 0 radical (unpaired) electrons. The van der Waals surface area contributed by atoms with Gasteiger partial charge in [0.1, 0.15) is 5.75 Å². The Morgan fingerprint density at radius 1 is 1.12 bits per heavy atom. The highest BCUT2D eigenvalue weighted by Gasteiger charge is 2.56. The number of methoxy groups -OCH3 is 1. The molecule has 0 aliphatic heterocycles. The Kier molecular flexibility index (Phi) is 5.22. The predicted molar refractivity (Wildman–Crippen MR) is 97.5 cm³/mol. The molecule has 3 rings (SSSR count). The summed E-state index contributed by atoms with van der Waals surface area (Å²) in [6.45, 7) is 2.25. The third kappa shape index (κ3) is 3.33. The van der Waals surface area contributed by atoms with Crippen molar-refractivity contribution in [3.63, 3.8) is 0 Å². The van der Waals surface area contributed by atoms with Gasteiger partial charge in [-0.25, -0.2) is 0 Å². The van der Waals surface area contributed by atoms with Crippen LogP contribution in [0.3, 0.4) is 0 Å². The van der Waals surface area contributed by atoms with E-state index in [0.717, 1.165) is 31.7 Å². The number of aliphatic hydroxyl groups excluding tert-OH is 1. The second-order valence-corrected chi connectivity index (χ2v) is 6.81. The van der Waals surface area contributed by atoms with Crippen molar-refractivity contribution in [3.8, 4) is 5.75 Å². The van der Waals surface area contributed by atoms with Crippen LogP contribution in [-0.2, 0) is 5.41 Å². The van der Waals surface area contributed by atoms with Crippen molar-refractivity contribution >= 4 is 0 Å². The van der Waals surface area contributed by atoms with E-state index in [1.54, 1.807) is 7.11 Å². The van der Waals surface area contributed by atoms with Gasteiger partial charge in [0.25, 0.3) is 0 Å². The van der Waals surface area contributed by atoms with Crippen LogP contribution in [0.4, 0.5) is 0 Å². The average Bonchev–Trinajstić information content (AvgIpc) is 3.35. The Morgan fingerprint density at radius 2 is 1.88 bits per heavy atom. The van der Waals surface area contributed by atoms with Gasteiger partial charge in [0, 0.05) is 25.1 Å². The van der Waals surface area contributed by atoms with Crippen LogP contribution in [0, 0.1) is 5.92 Å². The van der Waals surface area contributed by atoms with Gasteiger partial charge in [0.2, 0.25) is 0 Å². The van der Waals surface area contributed by atoms with E-state index in [-0.39, 0.29) is 12.0 Å². The van der Waals surface area contributed by atoms with E-state index in [9.17, 15) is 0 Å². The molecule has 1 aliphatic rings. The van der Waals surface area contributed by atoms with Crippen LogP contribution in [0.15, 0.2) is 54.6 Å². The molecule has 1 N–H and O–H groups in total. The molecule has 0 amide bonds. The number of nitrogens with zero attached hydrogens (tertiary/aromatic N) is 1. The lowest BCUT2D eigenvalue weighted by atomic mass is 9.85. The van der Waals surface area contributed by atoms with Crippen LogP contribution in [0.5, 0.6) is 5.75 Å². The predicted octanol–water partition coefficient (Wildman–Crippen LogP) is 3.32. The van der Waals surface area contributed by atoms with Crippen LogP contribution in [0.1, 0.15) is 24.0 Å². The molecule has 0 spiro atoms. The minimum absolute atomic E-state index is 0.0866. The van der Waals surface area contributed by atoms with Crippen molar-refractivity contribution in [1.82, 2.24) is 4.90 Å². The first kappa shape index (κ1) is 17.0. The molecule has 1 saturated carbocycles. The minimum atomic E-state index is 0.0866. The van der Waals surface area contributed by atoms with E-state index in [4.69, 9.17) is 9.84 Å². The molecule has 24 heavy (non-hydrogen) atoms. The normalized spacial score (nSPS) is 22.6. The highest BCUT2D eigenvalue weighted by molar-refractivity contribution is 5.49. The Bertz CT molecular complexity index is 658. The Morgan fingerprint density at radius 3 is 2.58 bits per heavy atom. The largest absolute Gasteiger partial charge is 0.497 e. The molecule has 2 unspecified atom stereocenters. The third-order valence-electron chi connectivity index (χ3n) is 5.21. The SMILES string of the molecule is COc1cccc(C2(c3ccccc3)CC2CN(C)CCCO)c1. The Balaban J connectivity index is 1.87. The molecule has 2 aromatic carbocycles.